The Morgan fingerprint density at radius 2 is 1.56 bits per heavy atom. The molecule has 0 spiro atoms. The number of carbonyl (C=O) groups excluding carboxylic acids is 2. The van der Waals surface area contributed by atoms with Crippen LogP contribution in [0.15, 0.2) is 37.8 Å². The number of carbonyl (C=O) groups is 2. The van der Waals surface area contributed by atoms with Crippen LogP contribution in [-0.2, 0) is 22.4 Å². The summed E-state index contributed by atoms with van der Waals surface area (Å²) >= 11 is 11.2. The second kappa shape index (κ2) is 11.2. The number of likely N-dealkylation sites (tertiary alicyclic amines) is 2. The first kappa shape index (κ1) is 26.2. The van der Waals surface area contributed by atoms with Gasteiger partial charge < -0.3 is 9.80 Å². The predicted molar refractivity (Wildman–Crippen MR) is 152 cm³/mol. The number of hydrogen-bond donors (Lipinski definition) is 0. The molecule has 5 nitrogen and oxygen atoms in total. The molecule has 1 aromatic heterocycles. The van der Waals surface area contributed by atoms with Crippen LogP contribution in [0.25, 0.3) is 0 Å². The molecule has 3 aliphatic rings. The quantitative estimate of drug-likeness (QED) is 0.357. The molecule has 5 rings (SSSR count). The van der Waals surface area contributed by atoms with Crippen molar-refractivity contribution >= 4 is 59.6 Å². The standard InChI is InChI=1S/C28H31Br3N3O2/c1-17(35)33-8-4-18(5-9-33)12-25(36)34-10-6-19(7-11-34)27-26-20(13-22(29)15-24(26)31)2-3-21-14-23(30)16-32-28(21)27/h13-16,18-19H,2-12H2,1H3/q+1. The Morgan fingerprint density at radius 3 is 2.25 bits per heavy atom. The number of aryl methyl sites for hydroxylation is 2. The average molecular weight is 681 g/mol. The summed E-state index contributed by atoms with van der Waals surface area (Å²) in [4.78, 5) is 33.6. The Hall–Kier alpha value is -1.38. The number of benzene rings is 1. The van der Waals surface area contributed by atoms with Gasteiger partial charge in [0.05, 0.1) is 5.92 Å². The van der Waals surface area contributed by atoms with Gasteiger partial charge in [-0.1, -0.05) is 0 Å². The molecule has 36 heavy (non-hydrogen) atoms. The maximum absolute atomic E-state index is 13.2. The smallest absolute Gasteiger partial charge is 0.222 e. The summed E-state index contributed by atoms with van der Waals surface area (Å²) in [6.45, 7) is 4.76. The van der Waals surface area contributed by atoms with Crippen LogP contribution in [-0.4, -0.2) is 52.8 Å². The average Bonchev–Trinajstić information content (AvgIpc) is 3.01. The fraction of sp³-hybridized carbons (Fsp3) is 0.500. The highest BCUT2D eigenvalue weighted by Crippen LogP contribution is 2.45. The zero-order chi connectivity index (χ0) is 25.4. The topological polar surface area (TPSA) is 53.5 Å². The number of hydrogen-bond acceptors (Lipinski definition) is 3. The minimum atomic E-state index is 0.141. The molecule has 1 aliphatic carbocycles. The van der Waals surface area contributed by atoms with E-state index < -0.39 is 0 Å². The van der Waals surface area contributed by atoms with Crippen LogP contribution < -0.4 is 0 Å². The molecule has 0 atom stereocenters. The van der Waals surface area contributed by atoms with Crippen LogP contribution in [0.1, 0.15) is 61.4 Å². The number of nitrogens with zero attached hydrogens (tertiary/aromatic N) is 3. The van der Waals surface area contributed by atoms with Gasteiger partial charge in [-0.05, 0) is 69.5 Å². The van der Waals surface area contributed by atoms with Crippen LogP contribution in [0.4, 0.5) is 0 Å². The van der Waals surface area contributed by atoms with Crippen molar-refractivity contribution in [1.82, 2.24) is 14.8 Å². The normalized spacial score (nSPS) is 19.1. The van der Waals surface area contributed by atoms with Crippen molar-refractivity contribution in [2.75, 3.05) is 26.2 Å². The van der Waals surface area contributed by atoms with Gasteiger partial charge in [0.25, 0.3) is 0 Å². The first-order valence-electron chi connectivity index (χ1n) is 12.8. The molecule has 190 valence electrons. The van der Waals surface area contributed by atoms with E-state index in [0.29, 0.717) is 18.3 Å². The molecule has 2 aromatic rings. The first-order valence-corrected chi connectivity index (χ1v) is 15.2. The zero-order valence-corrected chi connectivity index (χ0v) is 25.3. The maximum atomic E-state index is 13.2. The Morgan fingerprint density at radius 1 is 0.917 bits per heavy atom. The Labute approximate surface area is 238 Å². The number of rotatable bonds is 3. The molecular weight excluding hydrogens is 650 g/mol. The van der Waals surface area contributed by atoms with Crippen molar-refractivity contribution < 1.29 is 9.59 Å². The Balaban J connectivity index is 1.31. The predicted octanol–water partition coefficient (Wildman–Crippen LogP) is 6.33. The van der Waals surface area contributed by atoms with Crippen LogP contribution in [0.2, 0.25) is 0 Å². The summed E-state index contributed by atoms with van der Waals surface area (Å²) in [6, 6.07) is 6.60. The molecule has 2 fully saturated rings. The third-order valence-corrected chi connectivity index (χ3v) is 9.55. The summed E-state index contributed by atoms with van der Waals surface area (Å²) in [5, 5.41) is 0. The number of pyridine rings is 1. The lowest BCUT2D eigenvalue weighted by Gasteiger charge is -2.36. The van der Waals surface area contributed by atoms with E-state index >= 15 is 0 Å². The minimum Gasteiger partial charge on any atom is -0.343 e. The lowest BCUT2D eigenvalue weighted by atomic mass is 9.76. The van der Waals surface area contributed by atoms with Crippen molar-refractivity contribution in [3.05, 3.63) is 66.1 Å². The second-order valence-corrected chi connectivity index (χ2v) is 13.0. The maximum Gasteiger partial charge on any atom is 0.222 e. The van der Waals surface area contributed by atoms with Crippen LogP contribution in [0, 0.1) is 17.8 Å². The van der Waals surface area contributed by atoms with Gasteiger partial charge in [-0.3, -0.25) is 9.59 Å². The van der Waals surface area contributed by atoms with Gasteiger partial charge in [0.1, 0.15) is 10.0 Å². The third-order valence-electron chi connectivity index (χ3n) is 8.04. The fourth-order valence-electron chi connectivity index (χ4n) is 6.07. The monoisotopic (exact) mass is 678 g/mol. The molecule has 2 amide bonds. The zero-order valence-electron chi connectivity index (χ0n) is 20.5. The lowest BCUT2D eigenvalue weighted by Crippen LogP contribution is -2.42. The van der Waals surface area contributed by atoms with Crippen molar-refractivity contribution in [2.45, 2.75) is 51.9 Å². The highest BCUT2D eigenvalue weighted by atomic mass is 79.9. The fourth-order valence-corrected chi connectivity index (χ4v) is 7.98. The van der Waals surface area contributed by atoms with E-state index in [1.807, 2.05) is 11.1 Å². The van der Waals surface area contributed by atoms with Crippen LogP contribution in [0.3, 0.4) is 0 Å². The van der Waals surface area contributed by atoms with Gasteiger partial charge in [-0.15, -0.1) is 0 Å². The summed E-state index contributed by atoms with van der Waals surface area (Å²) in [7, 11) is 0. The minimum absolute atomic E-state index is 0.141. The highest BCUT2D eigenvalue weighted by molar-refractivity contribution is 9.11. The molecular formula is C28H31Br3N3O2+. The van der Waals surface area contributed by atoms with Gasteiger partial charge in [-0.2, -0.15) is 0 Å². The van der Waals surface area contributed by atoms with E-state index in [0.717, 1.165) is 83.8 Å². The van der Waals surface area contributed by atoms with E-state index in [9.17, 15) is 9.59 Å². The van der Waals surface area contributed by atoms with E-state index in [1.54, 1.807) is 6.92 Å². The van der Waals surface area contributed by atoms with Gasteiger partial charge in [0.15, 0.2) is 5.69 Å². The number of fused-ring (bicyclic) bond motifs is 2. The number of piperidine rings is 2. The summed E-state index contributed by atoms with van der Waals surface area (Å²) < 4.78 is 3.21. The molecule has 0 unspecified atom stereocenters. The number of amides is 2. The molecule has 8 heteroatoms. The first-order chi connectivity index (χ1) is 17.3. The number of halogens is 3. The SMILES string of the molecule is CC(=O)N1CCC(CC(=O)N2CCC([C+]3c4ncc(Br)cc4CCc4cc(Br)cc(Br)c43)CC2)CC1. The number of aromatic nitrogens is 1. The van der Waals surface area contributed by atoms with Crippen LogP contribution >= 0.6 is 47.8 Å². The lowest BCUT2D eigenvalue weighted by molar-refractivity contribution is -0.134. The van der Waals surface area contributed by atoms with E-state index in [4.69, 9.17) is 4.98 Å². The molecule has 1 aromatic carbocycles. The molecule has 0 saturated carbocycles. The molecule has 3 heterocycles. The van der Waals surface area contributed by atoms with Crippen molar-refractivity contribution in [1.29, 1.82) is 0 Å². The summed E-state index contributed by atoms with van der Waals surface area (Å²) in [5.74, 6) is 2.48. The molecule has 0 N–H and O–H groups in total. The van der Waals surface area contributed by atoms with E-state index in [-0.39, 0.29) is 11.8 Å². The van der Waals surface area contributed by atoms with E-state index in [2.05, 4.69) is 70.9 Å². The third kappa shape index (κ3) is 5.56. The van der Waals surface area contributed by atoms with Gasteiger partial charge >= 0.3 is 0 Å². The molecule has 2 saturated heterocycles. The highest BCUT2D eigenvalue weighted by Gasteiger charge is 2.42. The second-order valence-electron chi connectivity index (χ2n) is 10.3. The van der Waals surface area contributed by atoms with Crippen molar-refractivity contribution in [3.8, 4) is 0 Å². The van der Waals surface area contributed by atoms with Crippen molar-refractivity contribution in [3.63, 3.8) is 0 Å². The summed E-state index contributed by atoms with van der Waals surface area (Å²) in [5.41, 5.74) is 5.03. The van der Waals surface area contributed by atoms with Gasteiger partial charge in [-0.25, -0.2) is 4.98 Å². The Bertz CT molecular complexity index is 1150. The van der Waals surface area contributed by atoms with Crippen LogP contribution in [0.5, 0.6) is 0 Å². The molecule has 2 aliphatic heterocycles. The largest absolute Gasteiger partial charge is 0.343 e. The van der Waals surface area contributed by atoms with E-state index in [1.165, 1.54) is 22.6 Å². The Kier molecular flexibility index (Phi) is 8.13. The molecule has 0 radical (unpaired) electrons. The van der Waals surface area contributed by atoms with Crippen molar-refractivity contribution in [2.24, 2.45) is 11.8 Å². The summed E-state index contributed by atoms with van der Waals surface area (Å²) in [6.07, 6.45) is 8.20. The molecule has 0 bridgehead atoms. The van der Waals surface area contributed by atoms with Gasteiger partial charge in [0.2, 0.25) is 11.8 Å². The van der Waals surface area contributed by atoms with Gasteiger partial charge in [0, 0.05) is 113 Å².